The van der Waals surface area contributed by atoms with Gasteiger partial charge in [-0.05, 0) is 85.9 Å². The van der Waals surface area contributed by atoms with Crippen LogP contribution in [0.15, 0.2) is 41.2 Å². The van der Waals surface area contributed by atoms with Gasteiger partial charge in [0, 0.05) is 93.9 Å². The Labute approximate surface area is 338 Å². The number of nitrogens with zero attached hydrogens (tertiary/aromatic N) is 5. The summed E-state index contributed by atoms with van der Waals surface area (Å²) < 4.78 is 59.5. The minimum atomic E-state index is -2.74. The van der Waals surface area contributed by atoms with Crippen molar-refractivity contribution in [3.05, 3.63) is 92.2 Å². The Balaban J connectivity index is 1.55. The van der Waals surface area contributed by atoms with Gasteiger partial charge in [-0.1, -0.05) is 40.2 Å². The van der Waals surface area contributed by atoms with Crippen molar-refractivity contribution in [1.29, 1.82) is 5.41 Å². The normalized spacial score (nSPS) is 16.9. The molecule has 2 N–H and O–H groups in total. The Bertz CT molecular complexity index is 2180. The Morgan fingerprint density at radius 3 is 2.28 bits per heavy atom. The van der Waals surface area contributed by atoms with Crippen molar-refractivity contribution < 1.29 is 22.4 Å². The van der Waals surface area contributed by atoms with E-state index in [9.17, 15) is 22.4 Å². The third kappa shape index (κ3) is 9.45. The van der Waals surface area contributed by atoms with E-state index in [1.54, 1.807) is 11.5 Å². The minimum Gasteiger partial charge on any atom is -0.383 e. The summed E-state index contributed by atoms with van der Waals surface area (Å²) in [5, 5.41) is 12.8. The van der Waals surface area contributed by atoms with Gasteiger partial charge in [-0.15, -0.1) is 0 Å². The lowest BCUT2D eigenvalue weighted by atomic mass is 9.84. The SMILES string of the molecule is CCCC(=N)c1c(CC)ccc(-n2c(C(Cc3cc(F)cc(F)c3)C(C)C)nc3nc(C4CCC(F)(F)CC4)cc(NCCN4CCN(C(C)=O)CC4)c3c2=O)c1C. The average Bonchev–Trinajstić information content (AvgIpc) is 3.16. The number of nitrogens with one attached hydrogen (secondary N) is 2. The van der Waals surface area contributed by atoms with Gasteiger partial charge in [0.25, 0.3) is 5.56 Å². The van der Waals surface area contributed by atoms with Gasteiger partial charge in [-0.25, -0.2) is 27.5 Å². The molecule has 2 fully saturated rings. The van der Waals surface area contributed by atoms with Gasteiger partial charge in [0.05, 0.1) is 11.4 Å². The van der Waals surface area contributed by atoms with Crippen molar-refractivity contribution in [2.75, 3.05) is 44.6 Å². The van der Waals surface area contributed by atoms with Gasteiger partial charge in [0.15, 0.2) is 5.65 Å². The lowest BCUT2D eigenvalue weighted by Crippen LogP contribution is -2.49. The maximum absolute atomic E-state index is 15.4. The number of hydrogen-bond donors (Lipinski definition) is 2. The van der Waals surface area contributed by atoms with E-state index in [4.69, 9.17) is 15.4 Å². The zero-order valence-electron chi connectivity index (χ0n) is 34.7. The summed E-state index contributed by atoms with van der Waals surface area (Å²) in [6, 6.07) is 9.10. The maximum Gasteiger partial charge on any atom is 0.269 e. The van der Waals surface area contributed by atoms with Gasteiger partial charge >= 0.3 is 0 Å². The van der Waals surface area contributed by atoms with Crippen LogP contribution in [0.5, 0.6) is 0 Å². The predicted molar refractivity (Wildman–Crippen MR) is 222 cm³/mol. The molecule has 3 heterocycles. The van der Waals surface area contributed by atoms with Crippen LogP contribution in [0, 0.1) is 29.9 Å². The monoisotopic (exact) mass is 803 g/mol. The zero-order chi connectivity index (χ0) is 41.9. The molecule has 1 atom stereocenters. The van der Waals surface area contributed by atoms with E-state index in [0.29, 0.717) is 86.3 Å². The number of amides is 1. The topological polar surface area (TPSA) is 107 Å². The van der Waals surface area contributed by atoms with Crippen LogP contribution in [0.4, 0.5) is 23.2 Å². The molecule has 1 saturated heterocycles. The van der Waals surface area contributed by atoms with E-state index in [0.717, 1.165) is 29.2 Å². The van der Waals surface area contributed by atoms with Crippen LogP contribution >= 0.6 is 0 Å². The van der Waals surface area contributed by atoms with Crippen LogP contribution < -0.4 is 10.9 Å². The highest BCUT2D eigenvalue weighted by Crippen LogP contribution is 2.42. The maximum atomic E-state index is 15.4. The third-order valence-corrected chi connectivity index (χ3v) is 12.0. The zero-order valence-corrected chi connectivity index (χ0v) is 34.7. The molecule has 1 saturated carbocycles. The number of pyridine rings is 1. The number of alkyl halides is 2. The van der Waals surface area contributed by atoms with Crippen molar-refractivity contribution in [2.45, 2.75) is 111 Å². The number of anilines is 1. The molecule has 0 bridgehead atoms. The van der Waals surface area contributed by atoms with Gasteiger partial charge in [-0.2, -0.15) is 0 Å². The smallest absolute Gasteiger partial charge is 0.269 e. The molecular weight excluding hydrogens is 747 g/mol. The first-order valence-electron chi connectivity index (χ1n) is 20.8. The first-order valence-corrected chi connectivity index (χ1v) is 20.8. The van der Waals surface area contributed by atoms with Crippen LogP contribution in [-0.2, 0) is 17.6 Å². The molecule has 0 spiro atoms. The highest BCUT2D eigenvalue weighted by Gasteiger charge is 2.37. The fourth-order valence-corrected chi connectivity index (χ4v) is 8.71. The van der Waals surface area contributed by atoms with Crippen molar-refractivity contribution in [2.24, 2.45) is 5.92 Å². The Morgan fingerprint density at radius 1 is 1.00 bits per heavy atom. The highest BCUT2D eigenvalue weighted by molar-refractivity contribution is 6.01. The van der Waals surface area contributed by atoms with Gasteiger partial charge in [-0.3, -0.25) is 19.1 Å². The first kappa shape index (κ1) is 42.9. The molecular formula is C45H57F4N7O2. The number of halogens is 4. The van der Waals surface area contributed by atoms with Crippen LogP contribution in [0.25, 0.3) is 16.7 Å². The lowest BCUT2D eigenvalue weighted by molar-refractivity contribution is -0.130. The molecule has 1 amide bonds. The van der Waals surface area contributed by atoms with Crippen molar-refractivity contribution in [3.8, 4) is 5.69 Å². The summed E-state index contributed by atoms with van der Waals surface area (Å²) in [6.07, 6.45) is 2.18. The number of carbonyl (C=O) groups is 1. The molecule has 1 unspecified atom stereocenters. The van der Waals surface area contributed by atoms with E-state index < -0.39 is 23.5 Å². The Kier molecular flexibility index (Phi) is 13.4. The number of aromatic nitrogens is 3. The average molecular weight is 804 g/mol. The molecule has 9 nitrogen and oxygen atoms in total. The summed E-state index contributed by atoms with van der Waals surface area (Å²) in [5.41, 5.74) is 4.89. The summed E-state index contributed by atoms with van der Waals surface area (Å²) >= 11 is 0. The van der Waals surface area contributed by atoms with E-state index in [-0.39, 0.29) is 66.4 Å². The molecule has 2 aromatic heterocycles. The van der Waals surface area contributed by atoms with Crippen molar-refractivity contribution in [3.63, 3.8) is 0 Å². The van der Waals surface area contributed by atoms with E-state index in [1.165, 1.54) is 12.1 Å². The molecule has 312 valence electrons. The Morgan fingerprint density at radius 2 is 1.67 bits per heavy atom. The first-order chi connectivity index (χ1) is 27.6. The number of aryl methyl sites for hydroxylation is 1. The van der Waals surface area contributed by atoms with Crippen LogP contribution in [0.1, 0.15) is 119 Å². The van der Waals surface area contributed by atoms with Crippen LogP contribution in [0.2, 0.25) is 0 Å². The molecule has 4 aromatic rings. The third-order valence-electron chi connectivity index (χ3n) is 12.0. The second-order valence-corrected chi connectivity index (χ2v) is 16.5. The standard InChI is InChI=1S/C45H57F4N7O2/c1-7-9-36(50)40-28(5)39(11-10-31(40)8-2)56-43(35(27(3)4)24-30-22-33(46)25-34(47)23-30)53-42-41(44(56)58)38(26-37(52-42)32-12-14-45(48,49)15-13-32)51-16-17-54-18-20-55(21-19-54)29(6)57/h10-11,22-23,25-27,32,35,50H,7-9,12-21,24H2,1-6H3,(H,51,52). The lowest BCUT2D eigenvalue weighted by Gasteiger charge is -2.34. The van der Waals surface area contributed by atoms with Crippen LogP contribution in [-0.4, -0.2) is 81.1 Å². The summed E-state index contributed by atoms with van der Waals surface area (Å²) in [5.74, 6) is -4.65. The van der Waals surface area contributed by atoms with Crippen molar-refractivity contribution in [1.82, 2.24) is 24.3 Å². The molecule has 1 aliphatic carbocycles. The highest BCUT2D eigenvalue weighted by atomic mass is 19.3. The van der Waals surface area contributed by atoms with Gasteiger partial charge in [0.2, 0.25) is 11.8 Å². The summed E-state index contributed by atoms with van der Waals surface area (Å²) in [7, 11) is 0. The largest absolute Gasteiger partial charge is 0.383 e. The second-order valence-electron chi connectivity index (χ2n) is 16.5. The number of hydrogen-bond acceptors (Lipinski definition) is 7. The van der Waals surface area contributed by atoms with Crippen molar-refractivity contribution >= 4 is 28.3 Å². The number of fused-ring (bicyclic) bond motifs is 1. The molecule has 2 aliphatic rings. The fraction of sp³-hybridized carbons (Fsp3) is 0.533. The fourth-order valence-electron chi connectivity index (χ4n) is 8.71. The number of piperazine rings is 1. The number of benzene rings is 2. The van der Waals surface area contributed by atoms with Gasteiger partial charge < -0.3 is 15.6 Å². The van der Waals surface area contributed by atoms with E-state index in [1.807, 2.05) is 57.7 Å². The summed E-state index contributed by atoms with van der Waals surface area (Å²) in [6.45, 7) is 15.3. The molecule has 58 heavy (non-hydrogen) atoms. The summed E-state index contributed by atoms with van der Waals surface area (Å²) in [4.78, 5) is 41.6. The quantitative estimate of drug-likeness (QED) is 0.0975. The molecule has 2 aromatic carbocycles. The molecule has 1 aliphatic heterocycles. The molecule has 6 rings (SSSR count). The van der Waals surface area contributed by atoms with Crippen LogP contribution in [0.3, 0.4) is 0 Å². The molecule has 13 heteroatoms. The predicted octanol–water partition coefficient (Wildman–Crippen LogP) is 8.95. The van der Waals surface area contributed by atoms with Gasteiger partial charge in [0.1, 0.15) is 22.8 Å². The van der Waals surface area contributed by atoms with E-state index >= 15 is 4.79 Å². The molecule has 0 radical (unpaired) electrons. The number of rotatable bonds is 14. The van der Waals surface area contributed by atoms with E-state index in [2.05, 4.69) is 10.2 Å². The number of carbonyl (C=O) groups excluding carboxylic acids is 1. The Hall–Kier alpha value is -4.65. The minimum absolute atomic E-state index is 0.0499. The second kappa shape index (κ2) is 18.1.